The zero-order valence-electron chi connectivity index (χ0n) is 7.69. The highest BCUT2D eigenvalue weighted by atomic mass is 16.5. The van der Waals surface area contributed by atoms with Gasteiger partial charge in [0, 0.05) is 7.11 Å². The second-order valence-electron chi connectivity index (χ2n) is 3.94. The van der Waals surface area contributed by atoms with Crippen LogP contribution in [0.2, 0.25) is 0 Å². The molecule has 0 heterocycles. The van der Waals surface area contributed by atoms with E-state index in [-0.39, 0.29) is 5.92 Å². The molecule has 3 heteroatoms. The van der Waals surface area contributed by atoms with Crippen LogP contribution in [-0.4, -0.2) is 23.8 Å². The molecule has 0 aromatic rings. The van der Waals surface area contributed by atoms with Crippen LogP contribution in [0.5, 0.6) is 0 Å². The maximum Gasteiger partial charge on any atom is 0.309 e. The Labute approximate surface area is 77.4 Å². The smallest absolute Gasteiger partial charge is 0.309 e. The number of methoxy groups -OCH3 is 1. The summed E-state index contributed by atoms with van der Waals surface area (Å²) >= 11 is 0. The molecule has 3 atom stereocenters. The summed E-state index contributed by atoms with van der Waals surface area (Å²) < 4.78 is 5.37. The van der Waals surface area contributed by atoms with Crippen molar-refractivity contribution in [1.82, 2.24) is 0 Å². The van der Waals surface area contributed by atoms with Crippen molar-refractivity contribution in [3.8, 4) is 0 Å². The Hall–Kier alpha value is -0.830. The quantitative estimate of drug-likeness (QED) is 0.657. The molecule has 1 fully saturated rings. The van der Waals surface area contributed by atoms with E-state index < -0.39 is 11.6 Å². The van der Waals surface area contributed by atoms with Gasteiger partial charge in [-0.15, -0.1) is 0 Å². The van der Waals surface area contributed by atoms with Gasteiger partial charge >= 0.3 is 5.97 Å². The first-order chi connectivity index (χ1) is 6.18. The normalized spacial score (nSPS) is 42.2. The molecule has 1 saturated carbocycles. The van der Waals surface area contributed by atoms with Crippen LogP contribution < -0.4 is 0 Å². The summed E-state index contributed by atoms with van der Waals surface area (Å²) in [6.07, 6.45) is 6.70. The minimum absolute atomic E-state index is 0.346. The maximum atomic E-state index is 11.0. The molecule has 3 nitrogen and oxygen atoms in total. The van der Waals surface area contributed by atoms with Gasteiger partial charge in [0.15, 0.2) is 0 Å². The topological polar surface area (TPSA) is 46.5 Å². The highest BCUT2D eigenvalue weighted by molar-refractivity contribution is 5.73. The number of carbonyl (C=O) groups is 1. The zero-order valence-corrected chi connectivity index (χ0v) is 7.69. The van der Waals surface area contributed by atoms with Crippen LogP contribution in [0.4, 0.5) is 0 Å². The van der Waals surface area contributed by atoms with Gasteiger partial charge in [-0.2, -0.15) is 0 Å². The molecular formula is C10H14O3. The van der Waals surface area contributed by atoms with Gasteiger partial charge in [-0.05, 0) is 25.2 Å². The van der Waals surface area contributed by atoms with Gasteiger partial charge in [0.2, 0.25) is 0 Å². The van der Waals surface area contributed by atoms with E-state index in [9.17, 15) is 4.79 Å². The minimum Gasteiger partial charge on any atom is -0.481 e. The van der Waals surface area contributed by atoms with E-state index in [1.165, 1.54) is 0 Å². The van der Waals surface area contributed by atoms with E-state index in [2.05, 4.69) is 6.08 Å². The summed E-state index contributed by atoms with van der Waals surface area (Å²) in [6.45, 7) is 0. The molecule has 0 aliphatic heterocycles. The molecule has 1 N–H and O–H groups in total. The SMILES string of the molecule is COC12C=CC(CC1)CC2C(=O)O. The monoisotopic (exact) mass is 182 g/mol. The first kappa shape index (κ1) is 8.75. The molecule has 0 aromatic heterocycles. The molecule has 0 aromatic carbocycles. The molecule has 3 rings (SSSR count). The number of fused-ring (bicyclic) bond motifs is 2. The summed E-state index contributed by atoms with van der Waals surface area (Å²) in [4.78, 5) is 11.0. The Kier molecular flexibility index (Phi) is 1.91. The van der Waals surface area contributed by atoms with Crippen molar-refractivity contribution in [3.05, 3.63) is 12.2 Å². The Bertz CT molecular complexity index is 259. The lowest BCUT2D eigenvalue weighted by Gasteiger charge is -2.45. The molecule has 2 bridgehead atoms. The van der Waals surface area contributed by atoms with Crippen LogP contribution in [-0.2, 0) is 9.53 Å². The molecular weight excluding hydrogens is 168 g/mol. The fraction of sp³-hybridized carbons (Fsp3) is 0.700. The van der Waals surface area contributed by atoms with Crippen LogP contribution in [0.15, 0.2) is 12.2 Å². The van der Waals surface area contributed by atoms with E-state index in [0.717, 1.165) is 19.3 Å². The lowest BCUT2D eigenvalue weighted by atomic mass is 9.66. The molecule has 0 amide bonds. The van der Waals surface area contributed by atoms with Crippen molar-refractivity contribution < 1.29 is 14.6 Å². The van der Waals surface area contributed by atoms with Gasteiger partial charge < -0.3 is 9.84 Å². The number of aliphatic carboxylic acids is 1. The molecule has 3 aliphatic carbocycles. The van der Waals surface area contributed by atoms with E-state index in [0.29, 0.717) is 5.92 Å². The second-order valence-corrected chi connectivity index (χ2v) is 3.94. The number of hydrogen-bond acceptors (Lipinski definition) is 2. The predicted molar refractivity (Wildman–Crippen MR) is 47.3 cm³/mol. The van der Waals surface area contributed by atoms with Crippen molar-refractivity contribution in [2.45, 2.75) is 24.9 Å². The van der Waals surface area contributed by atoms with E-state index in [1.807, 2.05) is 6.08 Å². The molecule has 0 spiro atoms. The molecule has 3 unspecified atom stereocenters. The van der Waals surface area contributed by atoms with Crippen molar-refractivity contribution in [1.29, 1.82) is 0 Å². The fourth-order valence-electron chi connectivity index (χ4n) is 2.50. The lowest BCUT2D eigenvalue weighted by molar-refractivity contribution is -0.157. The van der Waals surface area contributed by atoms with E-state index in [1.54, 1.807) is 7.11 Å². The lowest BCUT2D eigenvalue weighted by Crippen LogP contribution is -2.49. The van der Waals surface area contributed by atoms with Crippen LogP contribution in [0, 0.1) is 11.8 Å². The third-order valence-corrected chi connectivity index (χ3v) is 3.36. The Morgan fingerprint density at radius 2 is 2.46 bits per heavy atom. The molecule has 3 aliphatic rings. The van der Waals surface area contributed by atoms with Gasteiger partial charge in [-0.3, -0.25) is 4.79 Å². The second kappa shape index (κ2) is 2.84. The highest BCUT2D eigenvalue weighted by Crippen LogP contribution is 2.45. The number of rotatable bonds is 2. The van der Waals surface area contributed by atoms with Crippen LogP contribution in [0.3, 0.4) is 0 Å². The summed E-state index contributed by atoms with van der Waals surface area (Å²) in [7, 11) is 1.60. The van der Waals surface area contributed by atoms with Gasteiger partial charge in [-0.1, -0.05) is 12.2 Å². The van der Waals surface area contributed by atoms with Crippen LogP contribution in [0.25, 0.3) is 0 Å². The van der Waals surface area contributed by atoms with Gasteiger partial charge in [0.25, 0.3) is 0 Å². The number of carboxylic acid groups (broad SMARTS) is 1. The molecule has 13 heavy (non-hydrogen) atoms. The standard InChI is InChI=1S/C10H14O3/c1-13-10-4-2-7(3-5-10)6-8(10)9(11)12/h2,4,7-8H,3,5-6H2,1H3,(H,11,12). The average molecular weight is 182 g/mol. The predicted octanol–water partition coefficient (Wildman–Crippen LogP) is 1.44. The molecule has 72 valence electrons. The number of hydrogen-bond donors (Lipinski definition) is 1. The van der Waals surface area contributed by atoms with Crippen molar-refractivity contribution in [2.75, 3.05) is 7.11 Å². The first-order valence-electron chi connectivity index (χ1n) is 4.65. The third-order valence-electron chi connectivity index (χ3n) is 3.36. The third kappa shape index (κ3) is 1.18. The first-order valence-corrected chi connectivity index (χ1v) is 4.65. The van der Waals surface area contributed by atoms with Gasteiger partial charge in [0.1, 0.15) is 0 Å². The molecule has 0 radical (unpaired) electrons. The maximum absolute atomic E-state index is 11.0. The number of carboxylic acids is 1. The summed E-state index contributed by atoms with van der Waals surface area (Å²) in [5.41, 5.74) is -0.513. The Morgan fingerprint density at radius 3 is 2.85 bits per heavy atom. The molecule has 0 saturated heterocycles. The fourth-order valence-corrected chi connectivity index (χ4v) is 2.50. The van der Waals surface area contributed by atoms with Crippen LogP contribution in [0.1, 0.15) is 19.3 Å². The van der Waals surface area contributed by atoms with Gasteiger partial charge in [-0.25, -0.2) is 0 Å². The van der Waals surface area contributed by atoms with Crippen molar-refractivity contribution >= 4 is 5.97 Å². The number of ether oxygens (including phenoxy) is 1. The minimum atomic E-state index is -0.726. The number of allylic oxidation sites excluding steroid dienone is 1. The largest absolute Gasteiger partial charge is 0.481 e. The van der Waals surface area contributed by atoms with Crippen molar-refractivity contribution in [3.63, 3.8) is 0 Å². The van der Waals surface area contributed by atoms with E-state index in [4.69, 9.17) is 9.84 Å². The van der Waals surface area contributed by atoms with E-state index >= 15 is 0 Å². The Balaban J connectivity index is 2.32. The zero-order chi connectivity index (χ0) is 9.47. The summed E-state index contributed by atoms with van der Waals surface area (Å²) in [5, 5.41) is 9.04. The van der Waals surface area contributed by atoms with Gasteiger partial charge in [0.05, 0.1) is 11.5 Å². The van der Waals surface area contributed by atoms with Crippen molar-refractivity contribution in [2.24, 2.45) is 11.8 Å². The average Bonchev–Trinajstić information content (AvgIpc) is 2.19. The van der Waals surface area contributed by atoms with Crippen LogP contribution >= 0.6 is 0 Å². The Morgan fingerprint density at radius 1 is 1.69 bits per heavy atom. The summed E-state index contributed by atoms with van der Waals surface area (Å²) in [6, 6.07) is 0. The summed E-state index contributed by atoms with van der Waals surface area (Å²) in [5.74, 6) is -0.615. The highest BCUT2D eigenvalue weighted by Gasteiger charge is 2.48.